The third kappa shape index (κ3) is 3.20. The minimum absolute atomic E-state index is 0.130. The normalized spacial score (nSPS) is 23.1. The Morgan fingerprint density at radius 3 is 2.90 bits per heavy atom. The first kappa shape index (κ1) is 14.0. The van der Waals surface area contributed by atoms with Crippen LogP contribution in [0.4, 0.5) is 0 Å². The van der Waals surface area contributed by atoms with Gasteiger partial charge in [0.2, 0.25) is 0 Å². The maximum atomic E-state index is 10.9. The summed E-state index contributed by atoms with van der Waals surface area (Å²) in [5.74, 6) is 2.22. The molecule has 0 amide bonds. The number of carboxylic acids is 1. The third-order valence-corrected chi connectivity index (χ3v) is 6.16. The Labute approximate surface area is 125 Å². The summed E-state index contributed by atoms with van der Waals surface area (Å²) in [5.41, 5.74) is 3.19. The fraction of sp³-hybridized carbons (Fsp3) is 0.588. The molecule has 1 saturated carbocycles. The van der Waals surface area contributed by atoms with E-state index in [0.29, 0.717) is 12.3 Å². The molecule has 1 atom stereocenters. The Hall–Kier alpha value is -0.960. The van der Waals surface area contributed by atoms with Gasteiger partial charge < -0.3 is 5.11 Å². The van der Waals surface area contributed by atoms with Crippen LogP contribution in [0.3, 0.4) is 0 Å². The van der Waals surface area contributed by atoms with Crippen molar-refractivity contribution < 1.29 is 9.90 Å². The Balaban J connectivity index is 1.54. The molecule has 2 nitrogen and oxygen atoms in total. The van der Waals surface area contributed by atoms with Crippen molar-refractivity contribution in [2.75, 3.05) is 11.5 Å². The van der Waals surface area contributed by atoms with Gasteiger partial charge in [0.05, 0.1) is 6.42 Å². The lowest BCUT2D eigenvalue weighted by Gasteiger charge is -2.25. The van der Waals surface area contributed by atoms with Crippen LogP contribution in [0.1, 0.15) is 49.1 Å². The average molecular weight is 290 g/mol. The minimum atomic E-state index is -0.633. The number of rotatable bonds is 6. The van der Waals surface area contributed by atoms with Crippen molar-refractivity contribution in [2.45, 2.75) is 44.4 Å². The molecule has 0 radical (unpaired) electrons. The van der Waals surface area contributed by atoms with E-state index >= 15 is 0 Å². The summed E-state index contributed by atoms with van der Waals surface area (Å²) in [6.07, 6.45) is 6.38. The molecule has 1 unspecified atom stereocenters. The van der Waals surface area contributed by atoms with Gasteiger partial charge in [-0.15, -0.1) is 0 Å². The SMILES string of the molecule is O=C(O)CC1(CSCC2CCCc3ccccc32)CC1. The molecule has 0 aliphatic heterocycles. The summed E-state index contributed by atoms with van der Waals surface area (Å²) in [5, 5.41) is 8.96. The number of hydrogen-bond donors (Lipinski definition) is 1. The van der Waals surface area contributed by atoms with E-state index in [4.69, 9.17) is 5.11 Å². The van der Waals surface area contributed by atoms with Gasteiger partial charge in [0.1, 0.15) is 0 Å². The smallest absolute Gasteiger partial charge is 0.303 e. The number of carboxylic acid groups (broad SMARTS) is 1. The van der Waals surface area contributed by atoms with Gasteiger partial charge in [-0.3, -0.25) is 4.79 Å². The number of thioether (sulfide) groups is 1. The maximum absolute atomic E-state index is 10.9. The number of benzene rings is 1. The van der Waals surface area contributed by atoms with Gasteiger partial charge in [-0.1, -0.05) is 24.3 Å². The van der Waals surface area contributed by atoms with Crippen molar-refractivity contribution in [2.24, 2.45) is 5.41 Å². The second kappa shape index (κ2) is 5.80. The van der Waals surface area contributed by atoms with E-state index in [9.17, 15) is 4.79 Å². The fourth-order valence-electron chi connectivity index (χ4n) is 3.32. The predicted molar refractivity (Wildman–Crippen MR) is 83.4 cm³/mol. The van der Waals surface area contributed by atoms with Crippen LogP contribution in [0.5, 0.6) is 0 Å². The number of fused-ring (bicyclic) bond motifs is 1. The highest BCUT2D eigenvalue weighted by molar-refractivity contribution is 7.99. The quantitative estimate of drug-likeness (QED) is 0.857. The Kier molecular flexibility index (Phi) is 4.06. The van der Waals surface area contributed by atoms with Crippen LogP contribution in [-0.2, 0) is 11.2 Å². The number of carbonyl (C=O) groups is 1. The molecule has 1 aromatic carbocycles. The third-order valence-electron chi connectivity index (χ3n) is 4.70. The number of aryl methyl sites for hydroxylation is 1. The maximum Gasteiger partial charge on any atom is 0.303 e. The fourth-order valence-corrected chi connectivity index (χ4v) is 4.89. The highest BCUT2D eigenvalue weighted by atomic mass is 32.2. The minimum Gasteiger partial charge on any atom is -0.481 e. The van der Waals surface area contributed by atoms with Gasteiger partial charge in [0.25, 0.3) is 0 Å². The zero-order valence-corrected chi connectivity index (χ0v) is 12.6. The standard InChI is InChI=1S/C17H22O2S/c18-16(19)10-17(8-9-17)12-20-11-14-6-3-5-13-4-1-2-7-15(13)14/h1-2,4,7,14H,3,5-6,8-12H2,(H,18,19). The highest BCUT2D eigenvalue weighted by Crippen LogP contribution is 2.51. The van der Waals surface area contributed by atoms with Crippen molar-refractivity contribution in [1.82, 2.24) is 0 Å². The second-order valence-electron chi connectivity index (χ2n) is 6.37. The molecule has 0 spiro atoms. The number of aliphatic carboxylic acids is 1. The molecule has 108 valence electrons. The average Bonchev–Trinajstić information content (AvgIpc) is 3.18. The molecule has 0 saturated heterocycles. The molecule has 3 rings (SSSR count). The molecule has 2 aliphatic rings. The summed E-state index contributed by atoms with van der Waals surface area (Å²) < 4.78 is 0. The van der Waals surface area contributed by atoms with E-state index in [1.807, 2.05) is 11.8 Å². The zero-order chi connectivity index (χ0) is 14.0. The molecule has 0 bridgehead atoms. The zero-order valence-electron chi connectivity index (χ0n) is 11.8. The molecule has 3 heteroatoms. The van der Waals surface area contributed by atoms with E-state index in [2.05, 4.69) is 24.3 Å². The lowest BCUT2D eigenvalue weighted by Crippen LogP contribution is -2.15. The van der Waals surface area contributed by atoms with Crippen LogP contribution in [0.25, 0.3) is 0 Å². The largest absolute Gasteiger partial charge is 0.481 e. The van der Waals surface area contributed by atoms with Crippen LogP contribution >= 0.6 is 11.8 Å². The van der Waals surface area contributed by atoms with Gasteiger partial charge in [0, 0.05) is 5.75 Å². The summed E-state index contributed by atoms with van der Waals surface area (Å²) >= 11 is 1.97. The molecule has 2 aliphatic carbocycles. The highest BCUT2D eigenvalue weighted by Gasteiger charge is 2.44. The van der Waals surface area contributed by atoms with Gasteiger partial charge in [-0.05, 0) is 60.3 Å². The summed E-state index contributed by atoms with van der Waals surface area (Å²) in [4.78, 5) is 10.9. The lowest BCUT2D eigenvalue weighted by molar-refractivity contribution is -0.138. The van der Waals surface area contributed by atoms with Crippen molar-refractivity contribution in [1.29, 1.82) is 0 Å². The Morgan fingerprint density at radius 2 is 2.15 bits per heavy atom. The molecule has 0 heterocycles. The van der Waals surface area contributed by atoms with Crippen LogP contribution in [0.2, 0.25) is 0 Å². The van der Waals surface area contributed by atoms with Crippen molar-refractivity contribution in [3.8, 4) is 0 Å². The molecule has 1 aromatic rings. The summed E-state index contributed by atoms with van der Waals surface area (Å²) in [6.45, 7) is 0. The van der Waals surface area contributed by atoms with E-state index in [-0.39, 0.29) is 5.41 Å². The van der Waals surface area contributed by atoms with Crippen LogP contribution in [0.15, 0.2) is 24.3 Å². The van der Waals surface area contributed by atoms with Crippen molar-refractivity contribution in [3.05, 3.63) is 35.4 Å². The molecule has 20 heavy (non-hydrogen) atoms. The van der Waals surface area contributed by atoms with Crippen LogP contribution in [0, 0.1) is 5.41 Å². The lowest BCUT2D eigenvalue weighted by atomic mass is 9.84. The molecule has 0 aromatic heterocycles. The van der Waals surface area contributed by atoms with Crippen LogP contribution in [-0.4, -0.2) is 22.6 Å². The van der Waals surface area contributed by atoms with Crippen LogP contribution < -0.4 is 0 Å². The first-order valence-electron chi connectivity index (χ1n) is 7.56. The summed E-state index contributed by atoms with van der Waals surface area (Å²) in [7, 11) is 0. The topological polar surface area (TPSA) is 37.3 Å². The van der Waals surface area contributed by atoms with Crippen molar-refractivity contribution >= 4 is 17.7 Å². The van der Waals surface area contributed by atoms with E-state index in [1.165, 1.54) is 30.4 Å². The monoisotopic (exact) mass is 290 g/mol. The summed E-state index contributed by atoms with van der Waals surface area (Å²) in [6, 6.07) is 8.83. The Morgan fingerprint density at radius 1 is 1.35 bits per heavy atom. The van der Waals surface area contributed by atoms with E-state index in [0.717, 1.165) is 24.3 Å². The van der Waals surface area contributed by atoms with E-state index in [1.54, 1.807) is 0 Å². The number of hydrogen-bond acceptors (Lipinski definition) is 2. The molecular weight excluding hydrogens is 268 g/mol. The van der Waals surface area contributed by atoms with Gasteiger partial charge in [0.15, 0.2) is 0 Å². The van der Waals surface area contributed by atoms with Gasteiger partial charge in [-0.2, -0.15) is 11.8 Å². The second-order valence-corrected chi connectivity index (χ2v) is 7.40. The first-order valence-corrected chi connectivity index (χ1v) is 8.71. The van der Waals surface area contributed by atoms with Gasteiger partial charge >= 0.3 is 5.97 Å². The molecule has 1 fully saturated rings. The Bertz CT molecular complexity index is 494. The van der Waals surface area contributed by atoms with Crippen molar-refractivity contribution in [3.63, 3.8) is 0 Å². The first-order chi connectivity index (χ1) is 9.69. The molecular formula is C17H22O2S. The molecule has 1 N–H and O–H groups in total. The predicted octanol–water partition coefficient (Wildman–Crippen LogP) is 4.09. The van der Waals surface area contributed by atoms with E-state index < -0.39 is 5.97 Å². The van der Waals surface area contributed by atoms with Gasteiger partial charge in [-0.25, -0.2) is 0 Å².